The summed E-state index contributed by atoms with van der Waals surface area (Å²) in [5, 5.41) is 6.64. The van der Waals surface area contributed by atoms with Crippen molar-refractivity contribution < 1.29 is 14.3 Å². The lowest BCUT2D eigenvalue weighted by molar-refractivity contribution is -0.140. The number of nitrogens with one attached hydrogen (secondary N) is 2. The predicted octanol–water partition coefficient (Wildman–Crippen LogP) is 1.71. The fraction of sp³-hybridized carbons (Fsp3) is 0.792. The number of likely N-dealkylation sites (tertiary alicyclic amines) is 1. The van der Waals surface area contributed by atoms with Crippen molar-refractivity contribution >= 4 is 41.8 Å². The van der Waals surface area contributed by atoms with Gasteiger partial charge < -0.3 is 15.4 Å². The molecule has 3 fully saturated rings. The third-order valence-corrected chi connectivity index (χ3v) is 7.30. The van der Waals surface area contributed by atoms with Crippen molar-refractivity contribution in [1.82, 2.24) is 20.4 Å². The van der Waals surface area contributed by atoms with Gasteiger partial charge in [-0.3, -0.25) is 24.4 Å². The third kappa shape index (κ3) is 5.90. The molecule has 33 heavy (non-hydrogen) atoms. The first-order valence-electron chi connectivity index (χ1n) is 12.4. The van der Waals surface area contributed by atoms with Crippen LogP contribution in [0.1, 0.15) is 33.6 Å². The van der Waals surface area contributed by atoms with Crippen LogP contribution in [0.5, 0.6) is 0 Å². The first-order chi connectivity index (χ1) is 15.5. The highest BCUT2D eigenvalue weighted by Gasteiger charge is 2.58. The number of hydrogen-bond acceptors (Lipinski definition) is 5. The Morgan fingerprint density at radius 1 is 1.12 bits per heavy atom. The van der Waals surface area contributed by atoms with Gasteiger partial charge in [-0.25, -0.2) is 0 Å². The SMILES string of the molecule is CCNC(=NCC(CC(C)C)N1CCOCC1)NCCN1C(=O)C2C3C=CC(C3)C2C1=O.I. The predicted molar refractivity (Wildman–Crippen MR) is 139 cm³/mol. The summed E-state index contributed by atoms with van der Waals surface area (Å²) in [4.78, 5) is 34.5. The van der Waals surface area contributed by atoms with Crippen LogP contribution in [0.2, 0.25) is 0 Å². The standard InChI is InChI=1S/C24H39N5O3.HI/c1-4-25-24(27-15-19(13-16(2)3)28-9-11-32-12-10-28)26-7-8-29-22(30)20-17-5-6-18(14-17)21(20)23(29)31;/h5-6,16-21H,4,7-15H2,1-3H3,(H2,25,26,27);1H. The lowest BCUT2D eigenvalue weighted by Crippen LogP contribution is -2.47. The van der Waals surface area contributed by atoms with E-state index in [1.54, 1.807) is 0 Å². The Bertz CT molecular complexity index is 722. The minimum Gasteiger partial charge on any atom is -0.379 e. The zero-order valence-electron chi connectivity index (χ0n) is 20.2. The van der Waals surface area contributed by atoms with E-state index in [0.29, 0.717) is 31.6 Å². The van der Waals surface area contributed by atoms with E-state index in [9.17, 15) is 9.59 Å². The van der Waals surface area contributed by atoms with Crippen LogP contribution in [0.3, 0.4) is 0 Å². The topological polar surface area (TPSA) is 86.3 Å². The highest BCUT2D eigenvalue weighted by Crippen LogP contribution is 2.52. The van der Waals surface area contributed by atoms with Crippen LogP contribution in [-0.4, -0.2) is 86.1 Å². The summed E-state index contributed by atoms with van der Waals surface area (Å²) in [6, 6.07) is 0.387. The number of halogens is 1. The minimum atomic E-state index is -0.121. The second kappa shape index (κ2) is 12.0. The number of imide groups is 1. The van der Waals surface area contributed by atoms with E-state index in [-0.39, 0.29) is 59.5 Å². The maximum atomic E-state index is 12.9. The van der Waals surface area contributed by atoms with Crippen molar-refractivity contribution in [3.05, 3.63) is 12.2 Å². The fourth-order valence-electron chi connectivity index (χ4n) is 5.83. The number of carbonyl (C=O) groups excluding carboxylic acids is 2. The van der Waals surface area contributed by atoms with E-state index in [1.807, 2.05) is 6.92 Å². The molecule has 1 saturated carbocycles. The van der Waals surface area contributed by atoms with Gasteiger partial charge in [-0.15, -0.1) is 24.0 Å². The zero-order chi connectivity index (χ0) is 22.7. The quantitative estimate of drug-likeness (QED) is 0.144. The first-order valence-corrected chi connectivity index (χ1v) is 12.4. The van der Waals surface area contributed by atoms with Gasteiger partial charge in [-0.05, 0) is 37.5 Å². The van der Waals surface area contributed by atoms with E-state index >= 15 is 0 Å². The zero-order valence-corrected chi connectivity index (χ0v) is 22.5. The molecule has 2 N–H and O–H groups in total. The number of guanidine groups is 1. The Hall–Kier alpha value is -1.20. The Balaban J connectivity index is 0.00000306. The van der Waals surface area contributed by atoms with Crippen molar-refractivity contribution in [1.29, 1.82) is 0 Å². The molecule has 4 rings (SSSR count). The van der Waals surface area contributed by atoms with Gasteiger partial charge in [0.25, 0.3) is 0 Å². The Kier molecular flexibility index (Phi) is 9.58. The van der Waals surface area contributed by atoms with Gasteiger partial charge in [0.1, 0.15) is 0 Å². The molecular weight excluding hydrogens is 533 g/mol. The summed E-state index contributed by atoms with van der Waals surface area (Å²) < 4.78 is 5.52. The summed E-state index contributed by atoms with van der Waals surface area (Å²) >= 11 is 0. The van der Waals surface area contributed by atoms with Crippen molar-refractivity contribution in [2.75, 3.05) is 52.5 Å². The summed E-state index contributed by atoms with van der Waals surface area (Å²) in [6.45, 7) is 12.4. The van der Waals surface area contributed by atoms with Gasteiger partial charge in [0.05, 0.1) is 31.6 Å². The fourth-order valence-corrected chi connectivity index (χ4v) is 5.83. The van der Waals surface area contributed by atoms with Gasteiger partial charge in [0.2, 0.25) is 11.8 Å². The number of carbonyl (C=O) groups is 2. The molecule has 0 radical (unpaired) electrons. The molecular formula is C24H40IN5O3. The van der Waals surface area contributed by atoms with Crippen molar-refractivity contribution in [3.63, 3.8) is 0 Å². The van der Waals surface area contributed by atoms with Crippen LogP contribution in [0, 0.1) is 29.6 Å². The molecule has 0 spiro atoms. The molecule has 0 aromatic carbocycles. The monoisotopic (exact) mass is 573 g/mol. The van der Waals surface area contributed by atoms with E-state index in [0.717, 1.165) is 51.6 Å². The number of aliphatic imine (C=N–C) groups is 1. The van der Waals surface area contributed by atoms with Crippen molar-refractivity contribution in [2.45, 2.75) is 39.7 Å². The summed E-state index contributed by atoms with van der Waals surface area (Å²) in [7, 11) is 0. The van der Waals surface area contributed by atoms with Crippen LogP contribution in [0.4, 0.5) is 0 Å². The molecule has 2 bridgehead atoms. The van der Waals surface area contributed by atoms with E-state index < -0.39 is 0 Å². The molecule has 4 aliphatic rings. The highest BCUT2D eigenvalue weighted by molar-refractivity contribution is 14.0. The van der Waals surface area contributed by atoms with Gasteiger partial charge in [0.15, 0.2) is 5.96 Å². The van der Waals surface area contributed by atoms with Crippen molar-refractivity contribution in [3.8, 4) is 0 Å². The van der Waals surface area contributed by atoms with Crippen molar-refractivity contribution in [2.24, 2.45) is 34.6 Å². The van der Waals surface area contributed by atoms with E-state index in [2.05, 4.69) is 41.5 Å². The van der Waals surface area contributed by atoms with Gasteiger partial charge in [-0.2, -0.15) is 0 Å². The molecule has 0 aromatic rings. The van der Waals surface area contributed by atoms with Gasteiger partial charge in [-0.1, -0.05) is 26.0 Å². The number of amides is 2. The number of hydrogen-bond donors (Lipinski definition) is 2. The molecule has 8 nitrogen and oxygen atoms in total. The maximum absolute atomic E-state index is 12.9. The van der Waals surface area contributed by atoms with Crippen LogP contribution < -0.4 is 10.6 Å². The summed E-state index contributed by atoms with van der Waals surface area (Å²) in [6.07, 6.45) is 6.34. The molecule has 5 unspecified atom stereocenters. The molecule has 2 amide bonds. The summed E-state index contributed by atoms with van der Waals surface area (Å²) in [5.41, 5.74) is 0. The molecule has 0 aromatic heterocycles. The highest BCUT2D eigenvalue weighted by atomic mass is 127. The van der Waals surface area contributed by atoms with Crippen LogP contribution >= 0.6 is 24.0 Å². The number of allylic oxidation sites excluding steroid dienone is 2. The van der Waals surface area contributed by atoms with Crippen LogP contribution in [0.25, 0.3) is 0 Å². The smallest absolute Gasteiger partial charge is 0.233 e. The normalized spacial score (nSPS) is 30.1. The molecule has 2 aliphatic heterocycles. The number of rotatable bonds is 9. The average molecular weight is 574 g/mol. The maximum Gasteiger partial charge on any atom is 0.233 e. The lowest BCUT2D eigenvalue weighted by Gasteiger charge is -2.34. The largest absolute Gasteiger partial charge is 0.379 e. The van der Waals surface area contributed by atoms with Crippen LogP contribution in [0.15, 0.2) is 17.1 Å². The lowest BCUT2D eigenvalue weighted by atomic mass is 9.85. The molecule has 5 atom stereocenters. The molecule has 9 heteroatoms. The molecule has 2 aliphatic carbocycles. The Morgan fingerprint density at radius 3 is 2.33 bits per heavy atom. The summed E-state index contributed by atoms with van der Waals surface area (Å²) in [5.74, 6) is 1.66. The average Bonchev–Trinajstić information content (AvgIpc) is 3.46. The van der Waals surface area contributed by atoms with E-state index in [1.165, 1.54) is 4.90 Å². The number of fused-ring (bicyclic) bond motifs is 5. The Labute approximate surface area is 215 Å². The van der Waals surface area contributed by atoms with Crippen LogP contribution in [-0.2, 0) is 14.3 Å². The number of morpholine rings is 1. The van der Waals surface area contributed by atoms with Gasteiger partial charge in [0, 0.05) is 38.8 Å². The molecule has 186 valence electrons. The number of nitrogens with zero attached hydrogens (tertiary/aromatic N) is 3. The molecule has 2 saturated heterocycles. The number of ether oxygens (including phenoxy) is 1. The molecule has 2 heterocycles. The second-order valence-electron chi connectivity index (χ2n) is 9.91. The van der Waals surface area contributed by atoms with Gasteiger partial charge >= 0.3 is 0 Å². The first kappa shape index (κ1) is 26.4. The van der Waals surface area contributed by atoms with E-state index in [4.69, 9.17) is 9.73 Å². The second-order valence-corrected chi connectivity index (χ2v) is 9.91. The third-order valence-electron chi connectivity index (χ3n) is 7.30. The Morgan fingerprint density at radius 2 is 1.76 bits per heavy atom. The minimum absolute atomic E-state index is 0.